The van der Waals surface area contributed by atoms with Crippen LogP contribution in [0.1, 0.15) is 36.7 Å². The molecule has 0 radical (unpaired) electrons. The Balaban J connectivity index is 2.08. The minimum atomic E-state index is 0.397. The number of nitrogens with one attached hydrogen (secondary N) is 1. The largest absolute Gasteiger partial charge is 0.364 e. The topological polar surface area (TPSA) is 47.7 Å². The number of nitrogens with zero attached hydrogens (tertiary/aromatic N) is 4. The van der Waals surface area contributed by atoms with Crippen LogP contribution in [-0.4, -0.2) is 19.6 Å². The first kappa shape index (κ1) is 12.7. The van der Waals surface area contributed by atoms with Gasteiger partial charge in [0, 0.05) is 43.2 Å². The third kappa shape index (κ3) is 2.55. The van der Waals surface area contributed by atoms with Gasteiger partial charge in [-0.2, -0.15) is 10.2 Å². The number of hydrogen-bond donors (Lipinski definition) is 1. The van der Waals surface area contributed by atoms with Gasteiger partial charge in [-0.25, -0.2) is 0 Å². The van der Waals surface area contributed by atoms with Gasteiger partial charge in [0.05, 0.1) is 5.69 Å². The summed E-state index contributed by atoms with van der Waals surface area (Å²) in [6.07, 6.45) is 4.11. The fraction of sp³-hybridized carbons (Fsp3) is 0.538. The molecule has 18 heavy (non-hydrogen) atoms. The standard InChI is InChI=1S/C13H21N5/c1-9(2)18-8-12(11(4)15-18)6-14-13-10(3)7-17(5)16-13/h7-9H,6H2,1-5H3,(H,14,16). The molecule has 2 heterocycles. The highest BCUT2D eigenvalue weighted by Crippen LogP contribution is 2.15. The van der Waals surface area contributed by atoms with E-state index in [9.17, 15) is 0 Å². The molecule has 0 amide bonds. The van der Waals surface area contributed by atoms with Crippen molar-refractivity contribution in [3.63, 3.8) is 0 Å². The lowest BCUT2D eigenvalue weighted by Gasteiger charge is -2.04. The van der Waals surface area contributed by atoms with E-state index in [0.717, 1.165) is 23.6 Å². The zero-order valence-corrected chi connectivity index (χ0v) is 11.7. The first-order valence-corrected chi connectivity index (χ1v) is 6.26. The SMILES string of the molecule is Cc1cn(C)nc1NCc1cn(C(C)C)nc1C. The molecule has 5 nitrogen and oxygen atoms in total. The maximum absolute atomic E-state index is 4.50. The van der Waals surface area contributed by atoms with Crippen molar-refractivity contribution in [2.45, 2.75) is 40.3 Å². The lowest BCUT2D eigenvalue weighted by molar-refractivity contribution is 0.529. The third-order valence-corrected chi connectivity index (χ3v) is 3.01. The first-order valence-electron chi connectivity index (χ1n) is 6.26. The predicted octanol–water partition coefficient (Wildman–Crippen LogP) is 2.43. The van der Waals surface area contributed by atoms with Crippen LogP contribution in [0.4, 0.5) is 5.82 Å². The molecular weight excluding hydrogens is 226 g/mol. The molecule has 1 N–H and O–H groups in total. The molecule has 5 heteroatoms. The summed E-state index contributed by atoms with van der Waals surface area (Å²) in [4.78, 5) is 0. The van der Waals surface area contributed by atoms with E-state index in [1.54, 1.807) is 0 Å². The molecule has 2 rings (SSSR count). The van der Waals surface area contributed by atoms with Crippen molar-refractivity contribution >= 4 is 5.82 Å². The van der Waals surface area contributed by atoms with Crippen molar-refractivity contribution < 1.29 is 0 Å². The summed E-state index contributed by atoms with van der Waals surface area (Å²) in [6.45, 7) is 9.12. The Morgan fingerprint density at radius 2 is 1.94 bits per heavy atom. The number of hydrogen-bond acceptors (Lipinski definition) is 3. The second-order valence-electron chi connectivity index (χ2n) is 5.00. The van der Waals surface area contributed by atoms with Crippen LogP contribution < -0.4 is 5.32 Å². The maximum Gasteiger partial charge on any atom is 0.151 e. The second-order valence-corrected chi connectivity index (χ2v) is 5.00. The minimum Gasteiger partial charge on any atom is -0.364 e. The zero-order valence-electron chi connectivity index (χ0n) is 11.7. The van der Waals surface area contributed by atoms with Crippen LogP contribution in [0.25, 0.3) is 0 Å². The Morgan fingerprint density at radius 1 is 1.22 bits per heavy atom. The van der Waals surface area contributed by atoms with Crippen LogP contribution in [-0.2, 0) is 13.6 Å². The summed E-state index contributed by atoms with van der Waals surface area (Å²) in [5, 5.41) is 12.2. The van der Waals surface area contributed by atoms with Gasteiger partial charge in [-0.1, -0.05) is 0 Å². The minimum absolute atomic E-state index is 0.397. The Labute approximate surface area is 108 Å². The zero-order chi connectivity index (χ0) is 13.3. The normalized spacial score (nSPS) is 11.2. The maximum atomic E-state index is 4.50. The van der Waals surface area contributed by atoms with E-state index in [0.29, 0.717) is 6.04 Å². The van der Waals surface area contributed by atoms with Gasteiger partial charge in [-0.3, -0.25) is 9.36 Å². The number of rotatable bonds is 4. The van der Waals surface area contributed by atoms with Gasteiger partial charge in [0.15, 0.2) is 5.82 Å². The van der Waals surface area contributed by atoms with E-state index in [-0.39, 0.29) is 0 Å². The van der Waals surface area contributed by atoms with Crippen molar-refractivity contribution in [3.8, 4) is 0 Å². The fourth-order valence-corrected chi connectivity index (χ4v) is 1.92. The highest BCUT2D eigenvalue weighted by molar-refractivity contribution is 5.42. The van der Waals surface area contributed by atoms with Gasteiger partial charge < -0.3 is 5.32 Å². The first-order chi connectivity index (χ1) is 8.47. The quantitative estimate of drug-likeness (QED) is 0.902. The van der Waals surface area contributed by atoms with Crippen molar-refractivity contribution in [2.75, 3.05) is 5.32 Å². The van der Waals surface area contributed by atoms with Crippen LogP contribution in [0.3, 0.4) is 0 Å². The summed E-state index contributed by atoms with van der Waals surface area (Å²) in [7, 11) is 1.93. The Hall–Kier alpha value is -1.78. The number of aromatic nitrogens is 4. The van der Waals surface area contributed by atoms with Crippen LogP contribution >= 0.6 is 0 Å². The molecule has 0 aliphatic rings. The molecule has 2 aromatic heterocycles. The number of aryl methyl sites for hydroxylation is 3. The monoisotopic (exact) mass is 247 g/mol. The van der Waals surface area contributed by atoms with E-state index in [1.807, 2.05) is 29.5 Å². The summed E-state index contributed by atoms with van der Waals surface area (Å²) in [6, 6.07) is 0.397. The Bertz CT molecular complexity index is 536. The van der Waals surface area contributed by atoms with Crippen molar-refractivity contribution in [1.82, 2.24) is 19.6 Å². The number of anilines is 1. The predicted molar refractivity (Wildman–Crippen MR) is 72.6 cm³/mol. The molecule has 0 aliphatic carbocycles. The summed E-state index contributed by atoms with van der Waals surface area (Å²) in [5.41, 5.74) is 3.45. The molecule has 2 aromatic rings. The molecule has 0 saturated carbocycles. The van der Waals surface area contributed by atoms with Gasteiger partial charge in [-0.05, 0) is 27.7 Å². The van der Waals surface area contributed by atoms with Crippen LogP contribution in [0.2, 0.25) is 0 Å². The molecule has 0 aliphatic heterocycles. The van der Waals surface area contributed by atoms with Crippen LogP contribution in [0.5, 0.6) is 0 Å². The van der Waals surface area contributed by atoms with E-state index < -0.39 is 0 Å². The lowest BCUT2D eigenvalue weighted by atomic mass is 10.2. The van der Waals surface area contributed by atoms with Crippen molar-refractivity contribution in [3.05, 3.63) is 29.2 Å². The Morgan fingerprint density at radius 3 is 2.44 bits per heavy atom. The highest BCUT2D eigenvalue weighted by atomic mass is 15.3. The van der Waals surface area contributed by atoms with Crippen molar-refractivity contribution in [1.29, 1.82) is 0 Å². The van der Waals surface area contributed by atoms with Crippen LogP contribution in [0.15, 0.2) is 12.4 Å². The van der Waals surface area contributed by atoms with Gasteiger partial charge in [0.2, 0.25) is 0 Å². The molecule has 0 atom stereocenters. The molecule has 0 bridgehead atoms. The molecule has 0 spiro atoms. The molecule has 0 fully saturated rings. The summed E-state index contributed by atoms with van der Waals surface area (Å²) in [5.74, 6) is 0.939. The van der Waals surface area contributed by atoms with Gasteiger partial charge in [0.25, 0.3) is 0 Å². The smallest absolute Gasteiger partial charge is 0.151 e. The average Bonchev–Trinajstić information content (AvgIpc) is 2.79. The van der Waals surface area contributed by atoms with E-state index in [1.165, 1.54) is 5.56 Å². The van der Waals surface area contributed by atoms with Crippen molar-refractivity contribution in [2.24, 2.45) is 7.05 Å². The fourth-order valence-electron chi connectivity index (χ4n) is 1.92. The van der Waals surface area contributed by atoms with Crippen LogP contribution in [0, 0.1) is 13.8 Å². The molecular formula is C13H21N5. The molecule has 0 saturated heterocycles. The van der Waals surface area contributed by atoms with E-state index >= 15 is 0 Å². The van der Waals surface area contributed by atoms with Gasteiger partial charge in [0.1, 0.15) is 0 Å². The molecule has 98 valence electrons. The summed E-state index contributed by atoms with van der Waals surface area (Å²) < 4.78 is 3.82. The summed E-state index contributed by atoms with van der Waals surface area (Å²) >= 11 is 0. The second kappa shape index (κ2) is 4.84. The molecule has 0 unspecified atom stereocenters. The third-order valence-electron chi connectivity index (χ3n) is 3.01. The van der Waals surface area contributed by atoms with E-state index in [4.69, 9.17) is 0 Å². The Kier molecular flexibility index (Phi) is 3.41. The average molecular weight is 247 g/mol. The van der Waals surface area contributed by atoms with Gasteiger partial charge >= 0.3 is 0 Å². The highest BCUT2D eigenvalue weighted by Gasteiger charge is 2.08. The van der Waals surface area contributed by atoms with Gasteiger partial charge in [-0.15, -0.1) is 0 Å². The lowest BCUT2D eigenvalue weighted by Crippen LogP contribution is -2.02. The molecule has 0 aromatic carbocycles. The van der Waals surface area contributed by atoms with E-state index in [2.05, 4.69) is 42.5 Å².